The van der Waals surface area contributed by atoms with Gasteiger partial charge >= 0.3 is 6.09 Å². The largest absolute Gasteiger partial charge is 0.443 e. The zero-order valence-electron chi connectivity index (χ0n) is 13.7. The molecule has 0 aliphatic carbocycles. The highest BCUT2D eigenvalue weighted by atomic mass is 32.1. The fraction of sp³-hybridized carbons (Fsp3) is 0.438. The molecule has 1 amide bonds. The molecular formula is C16H19FN4O2S2. The maximum absolute atomic E-state index is 14.6. The third kappa shape index (κ3) is 3.73. The number of carbonyl (C=O) groups excluding carboxylic acids is 1. The summed E-state index contributed by atoms with van der Waals surface area (Å²) >= 11 is 9.89. The first-order valence-electron chi connectivity index (χ1n) is 7.94. The summed E-state index contributed by atoms with van der Waals surface area (Å²) in [6, 6.07) is 4.66. The molecule has 2 fully saturated rings. The van der Waals surface area contributed by atoms with Gasteiger partial charge in [-0.15, -0.1) is 0 Å². The Kier molecular flexibility index (Phi) is 5.45. The van der Waals surface area contributed by atoms with E-state index in [0.29, 0.717) is 42.5 Å². The van der Waals surface area contributed by atoms with E-state index in [0.717, 1.165) is 0 Å². The molecule has 9 heteroatoms. The SMILES string of the molecule is CN1C(=S)NCC1c1ccc(N2C[C@H](CNCC=S)OC2=O)cc1F. The molecule has 0 aromatic heterocycles. The van der Waals surface area contributed by atoms with Crippen molar-refractivity contribution in [2.24, 2.45) is 0 Å². The number of halogens is 1. The molecule has 1 unspecified atom stereocenters. The molecule has 134 valence electrons. The lowest BCUT2D eigenvalue weighted by atomic mass is 10.1. The number of rotatable bonds is 6. The van der Waals surface area contributed by atoms with E-state index in [4.69, 9.17) is 29.2 Å². The fourth-order valence-electron chi connectivity index (χ4n) is 3.00. The monoisotopic (exact) mass is 382 g/mol. The van der Waals surface area contributed by atoms with Crippen LogP contribution in [0.25, 0.3) is 0 Å². The van der Waals surface area contributed by atoms with Gasteiger partial charge in [-0.2, -0.15) is 0 Å². The number of likely N-dealkylation sites (N-methyl/N-ethyl adjacent to an activating group) is 1. The van der Waals surface area contributed by atoms with Crippen molar-refractivity contribution in [1.29, 1.82) is 0 Å². The molecule has 0 radical (unpaired) electrons. The van der Waals surface area contributed by atoms with E-state index in [1.54, 1.807) is 17.5 Å². The van der Waals surface area contributed by atoms with Gasteiger partial charge in [0.25, 0.3) is 0 Å². The summed E-state index contributed by atoms with van der Waals surface area (Å²) in [7, 11) is 1.83. The second kappa shape index (κ2) is 7.59. The molecule has 25 heavy (non-hydrogen) atoms. The van der Waals surface area contributed by atoms with Gasteiger partial charge in [0.1, 0.15) is 11.9 Å². The van der Waals surface area contributed by atoms with Crippen LogP contribution in [0.2, 0.25) is 0 Å². The smallest absolute Gasteiger partial charge is 0.414 e. The molecule has 0 spiro atoms. The van der Waals surface area contributed by atoms with E-state index in [2.05, 4.69) is 10.6 Å². The number of amides is 1. The molecule has 1 aromatic carbocycles. The van der Waals surface area contributed by atoms with E-state index < -0.39 is 6.09 Å². The second-order valence-corrected chi connectivity index (χ2v) is 6.68. The number of nitrogens with zero attached hydrogens (tertiary/aromatic N) is 2. The van der Waals surface area contributed by atoms with Crippen LogP contribution in [-0.2, 0) is 4.74 Å². The van der Waals surface area contributed by atoms with Gasteiger partial charge in [0, 0.05) is 32.2 Å². The number of ether oxygens (including phenoxy) is 1. The number of benzene rings is 1. The first-order chi connectivity index (χ1) is 12.0. The van der Waals surface area contributed by atoms with E-state index in [1.165, 1.54) is 11.0 Å². The highest BCUT2D eigenvalue weighted by Gasteiger charge is 2.33. The average molecular weight is 382 g/mol. The van der Waals surface area contributed by atoms with Gasteiger partial charge in [0.2, 0.25) is 0 Å². The maximum atomic E-state index is 14.6. The van der Waals surface area contributed by atoms with Crippen LogP contribution < -0.4 is 15.5 Å². The Labute approximate surface area is 156 Å². The normalized spacial score (nSPS) is 23.0. The molecule has 2 aliphatic rings. The number of hydrogen-bond donors (Lipinski definition) is 2. The molecular weight excluding hydrogens is 363 g/mol. The van der Waals surface area contributed by atoms with Crippen LogP contribution in [0.5, 0.6) is 0 Å². The summed E-state index contributed by atoms with van der Waals surface area (Å²) in [5, 5.41) is 8.29. The van der Waals surface area contributed by atoms with E-state index in [-0.39, 0.29) is 18.0 Å². The molecule has 2 atom stereocenters. The van der Waals surface area contributed by atoms with Crippen LogP contribution >= 0.6 is 24.4 Å². The van der Waals surface area contributed by atoms with E-state index in [9.17, 15) is 9.18 Å². The van der Waals surface area contributed by atoms with Gasteiger partial charge in [-0.3, -0.25) is 4.90 Å². The lowest BCUT2D eigenvalue weighted by Crippen LogP contribution is -2.31. The van der Waals surface area contributed by atoms with Crippen LogP contribution in [-0.4, -0.2) is 60.8 Å². The summed E-state index contributed by atoms with van der Waals surface area (Å²) < 4.78 is 19.9. The van der Waals surface area contributed by atoms with Crippen LogP contribution in [0.3, 0.4) is 0 Å². The standard InChI is InChI=1S/C16H19FN4O2S2/c1-20-14(8-19-15(20)25)12-3-2-10(6-13(12)17)21-9-11(23-16(21)22)7-18-4-5-24/h2-3,5-6,11,14,18H,4,7-9H2,1H3,(H,19,25)/t11-,14?/m0/s1. The van der Waals surface area contributed by atoms with Crippen molar-refractivity contribution >= 4 is 46.7 Å². The predicted molar refractivity (Wildman–Crippen MR) is 102 cm³/mol. The first-order valence-corrected chi connectivity index (χ1v) is 8.82. The van der Waals surface area contributed by atoms with Crippen molar-refractivity contribution in [2.45, 2.75) is 12.1 Å². The summed E-state index contributed by atoms with van der Waals surface area (Å²) in [5.41, 5.74) is 1.03. The lowest BCUT2D eigenvalue weighted by molar-refractivity contribution is 0.141. The minimum Gasteiger partial charge on any atom is -0.443 e. The van der Waals surface area contributed by atoms with Crippen LogP contribution in [0.1, 0.15) is 11.6 Å². The number of hydrogen-bond acceptors (Lipinski definition) is 5. The lowest BCUT2D eigenvalue weighted by Gasteiger charge is -2.21. The fourth-order valence-corrected chi connectivity index (χ4v) is 3.33. The Morgan fingerprint density at radius 2 is 2.32 bits per heavy atom. The third-order valence-corrected chi connectivity index (χ3v) is 4.96. The van der Waals surface area contributed by atoms with Crippen molar-refractivity contribution in [3.05, 3.63) is 29.6 Å². The topological polar surface area (TPSA) is 56.8 Å². The van der Waals surface area contributed by atoms with Gasteiger partial charge in [-0.05, 0) is 29.7 Å². The van der Waals surface area contributed by atoms with Crippen molar-refractivity contribution in [1.82, 2.24) is 15.5 Å². The Bertz CT molecular complexity index is 703. The van der Waals surface area contributed by atoms with Crippen LogP contribution in [0.15, 0.2) is 18.2 Å². The van der Waals surface area contributed by atoms with Crippen molar-refractivity contribution in [3.8, 4) is 0 Å². The molecule has 2 aliphatic heterocycles. The number of carbonyl (C=O) groups is 1. The number of nitrogens with one attached hydrogen (secondary N) is 2. The van der Waals surface area contributed by atoms with Gasteiger partial charge < -0.3 is 20.3 Å². The summed E-state index contributed by atoms with van der Waals surface area (Å²) in [6.45, 7) is 2.01. The Morgan fingerprint density at radius 3 is 2.96 bits per heavy atom. The first kappa shape index (κ1) is 18.0. The quantitative estimate of drug-likeness (QED) is 0.573. The highest BCUT2D eigenvalue weighted by Crippen LogP contribution is 2.30. The maximum Gasteiger partial charge on any atom is 0.414 e. The van der Waals surface area contributed by atoms with Gasteiger partial charge in [-0.1, -0.05) is 18.3 Å². The average Bonchev–Trinajstić information content (AvgIpc) is 3.11. The Morgan fingerprint density at radius 1 is 1.52 bits per heavy atom. The summed E-state index contributed by atoms with van der Waals surface area (Å²) in [5.74, 6) is -0.365. The van der Waals surface area contributed by atoms with Crippen molar-refractivity contribution in [3.63, 3.8) is 0 Å². The third-order valence-electron chi connectivity index (χ3n) is 4.36. The molecule has 0 saturated carbocycles. The highest BCUT2D eigenvalue weighted by molar-refractivity contribution is 7.80. The molecule has 2 saturated heterocycles. The molecule has 2 N–H and O–H groups in total. The predicted octanol–water partition coefficient (Wildman–Crippen LogP) is 1.60. The second-order valence-electron chi connectivity index (χ2n) is 5.96. The number of thiocarbonyl (C=S) groups is 2. The van der Waals surface area contributed by atoms with Gasteiger partial charge in [0.15, 0.2) is 5.11 Å². The summed E-state index contributed by atoms with van der Waals surface area (Å²) in [4.78, 5) is 15.3. The molecule has 2 heterocycles. The molecule has 0 bridgehead atoms. The van der Waals surface area contributed by atoms with Gasteiger partial charge in [0.05, 0.1) is 18.3 Å². The minimum atomic E-state index is -0.470. The van der Waals surface area contributed by atoms with Crippen molar-refractivity contribution in [2.75, 3.05) is 38.1 Å². The zero-order chi connectivity index (χ0) is 18.0. The van der Waals surface area contributed by atoms with Crippen LogP contribution in [0.4, 0.5) is 14.9 Å². The molecule has 6 nitrogen and oxygen atoms in total. The van der Waals surface area contributed by atoms with E-state index in [1.807, 2.05) is 11.9 Å². The molecule has 1 aromatic rings. The van der Waals surface area contributed by atoms with Crippen LogP contribution in [0, 0.1) is 5.82 Å². The van der Waals surface area contributed by atoms with Gasteiger partial charge in [-0.25, -0.2) is 9.18 Å². The van der Waals surface area contributed by atoms with E-state index >= 15 is 0 Å². The Balaban J connectivity index is 1.71. The zero-order valence-corrected chi connectivity index (χ0v) is 15.3. The van der Waals surface area contributed by atoms with Crippen molar-refractivity contribution < 1.29 is 13.9 Å². The number of cyclic esters (lactones) is 1. The molecule has 3 rings (SSSR count). The minimum absolute atomic E-state index is 0.154. The number of anilines is 1. The Hall–Kier alpha value is -1.84. The summed E-state index contributed by atoms with van der Waals surface area (Å²) in [6.07, 6.45) is -0.755.